The van der Waals surface area contributed by atoms with E-state index >= 15 is 0 Å². The predicted octanol–water partition coefficient (Wildman–Crippen LogP) is 5.20. The van der Waals surface area contributed by atoms with Crippen molar-refractivity contribution in [1.29, 1.82) is 0 Å². The maximum absolute atomic E-state index is 12.8. The summed E-state index contributed by atoms with van der Waals surface area (Å²) in [4.78, 5) is 15.3. The van der Waals surface area contributed by atoms with Crippen molar-refractivity contribution in [3.05, 3.63) is 93.5 Å². The van der Waals surface area contributed by atoms with Gasteiger partial charge >= 0.3 is 0 Å². The molecule has 0 radical (unpaired) electrons. The van der Waals surface area contributed by atoms with Gasteiger partial charge in [0, 0.05) is 30.2 Å². The van der Waals surface area contributed by atoms with Gasteiger partial charge in [-0.25, -0.2) is 0 Å². The average molecular weight is 465 g/mol. The van der Waals surface area contributed by atoms with Gasteiger partial charge in [0.1, 0.15) is 0 Å². The van der Waals surface area contributed by atoms with Crippen LogP contribution in [0.3, 0.4) is 0 Å². The SMILES string of the molecule is COc1cc2c(cc1OC)[C@H](CNC(=O)c1cccc(Cl)c1)N(Cc1ccc(C)cc1)CC2. The molecule has 1 atom stereocenters. The molecule has 5 nitrogen and oxygen atoms in total. The van der Waals surface area contributed by atoms with Crippen molar-refractivity contribution in [1.82, 2.24) is 10.2 Å². The maximum atomic E-state index is 12.8. The lowest BCUT2D eigenvalue weighted by Gasteiger charge is -2.38. The van der Waals surface area contributed by atoms with Crippen LogP contribution in [0.5, 0.6) is 11.5 Å². The number of amides is 1. The van der Waals surface area contributed by atoms with E-state index < -0.39 is 0 Å². The van der Waals surface area contributed by atoms with E-state index in [1.165, 1.54) is 16.7 Å². The molecule has 0 aromatic heterocycles. The molecule has 0 bridgehead atoms. The number of aryl methyl sites for hydroxylation is 1. The Kier molecular flexibility index (Phi) is 7.21. The van der Waals surface area contributed by atoms with Gasteiger partial charge in [-0.05, 0) is 60.4 Å². The minimum Gasteiger partial charge on any atom is -0.493 e. The number of nitrogens with zero attached hydrogens (tertiary/aromatic N) is 1. The molecular weight excluding hydrogens is 436 g/mol. The van der Waals surface area contributed by atoms with Crippen molar-refractivity contribution >= 4 is 17.5 Å². The van der Waals surface area contributed by atoms with Crippen molar-refractivity contribution < 1.29 is 14.3 Å². The van der Waals surface area contributed by atoms with E-state index in [2.05, 4.69) is 47.5 Å². The van der Waals surface area contributed by atoms with Crippen molar-refractivity contribution in [3.63, 3.8) is 0 Å². The summed E-state index contributed by atoms with van der Waals surface area (Å²) in [5.41, 5.74) is 5.41. The Morgan fingerprint density at radius 1 is 1.06 bits per heavy atom. The smallest absolute Gasteiger partial charge is 0.251 e. The Morgan fingerprint density at radius 3 is 2.48 bits per heavy atom. The van der Waals surface area contributed by atoms with Crippen LogP contribution in [0.2, 0.25) is 5.02 Å². The molecule has 3 aromatic rings. The van der Waals surface area contributed by atoms with Crippen LogP contribution in [-0.2, 0) is 13.0 Å². The molecule has 172 valence electrons. The minimum atomic E-state index is -0.139. The molecule has 1 aliphatic rings. The van der Waals surface area contributed by atoms with Gasteiger partial charge in [0.05, 0.1) is 20.3 Å². The summed E-state index contributed by atoms with van der Waals surface area (Å²) in [6, 6.07) is 19.7. The molecule has 1 aliphatic heterocycles. The predicted molar refractivity (Wildman–Crippen MR) is 131 cm³/mol. The fourth-order valence-electron chi connectivity index (χ4n) is 4.36. The fraction of sp³-hybridized carbons (Fsp3) is 0.296. The Hall–Kier alpha value is -3.02. The summed E-state index contributed by atoms with van der Waals surface area (Å²) in [6.07, 6.45) is 0.903. The summed E-state index contributed by atoms with van der Waals surface area (Å²) in [6.45, 7) is 4.24. The summed E-state index contributed by atoms with van der Waals surface area (Å²) >= 11 is 6.08. The lowest BCUT2D eigenvalue weighted by atomic mass is 9.91. The molecule has 0 fully saturated rings. The molecule has 0 saturated carbocycles. The van der Waals surface area contributed by atoms with E-state index in [1.54, 1.807) is 38.5 Å². The second-order valence-corrected chi connectivity index (χ2v) is 8.78. The Bertz CT molecular complexity index is 1130. The van der Waals surface area contributed by atoms with Gasteiger partial charge in [0.25, 0.3) is 5.91 Å². The molecule has 0 saturated heterocycles. The largest absolute Gasteiger partial charge is 0.493 e. The number of rotatable bonds is 7. The molecule has 4 rings (SSSR count). The summed E-state index contributed by atoms with van der Waals surface area (Å²) < 4.78 is 11.1. The second-order valence-electron chi connectivity index (χ2n) is 8.35. The number of benzene rings is 3. The van der Waals surface area contributed by atoms with Crippen LogP contribution >= 0.6 is 11.6 Å². The molecule has 1 N–H and O–H groups in total. The number of hydrogen-bond acceptors (Lipinski definition) is 4. The number of hydrogen-bond donors (Lipinski definition) is 1. The molecule has 1 heterocycles. The van der Waals surface area contributed by atoms with E-state index in [0.717, 1.165) is 30.8 Å². The Labute approximate surface area is 200 Å². The third-order valence-corrected chi connectivity index (χ3v) is 6.40. The highest BCUT2D eigenvalue weighted by molar-refractivity contribution is 6.30. The van der Waals surface area contributed by atoms with Gasteiger partial charge in [-0.3, -0.25) is 9.69 Å². The first-order chi connectivity index (χ1) is 16.0. The van der Waals surface area contributed by atoms with E-state index in [-0.39, 0.29) is 11.9 Å². The highest BCUT2D eigenvalue weighted by Gasteiger charge is 2.29. The second kappa shape index (κ2) is 10.3. The molecule has 33 heavy (non-hydrogen) atoms. The van der Waals surface area contributed by atoms with Gasteiger partial charge in [-0.15, -0.1) is 0 Å². The summed E-state index contributed by atoms with van der Waals surface area (Å²) in [7, 11) is 3.30. The topological polar surface area (TPSA) is 50.8 Å². The molecule has 0 spiro atoms. The van der Waals surface area contributed by atoms with E-state index in [0.29, 0.717) is 22.9 Å². The van der Waals surface area contributed by atoms with Crippen LogP contribution < -0.4 is 14.8 Å². The first-order valence-electron chi connectivity index (χ1n) is 11.1. The third kappa shape index (κ3) is 5.32. The van der Waals surface area contributed by atoms with Crippen LogP contribution in [0.15, 0.2) is 60.7 Å². The Balaban J connectivity index is 1.62. The zero-order valence-corrected chi connectivity index (χ0v) is 20.0. The quantitative estimate of drug-likeness (QED) is 0.522. The lowest BCUT2D eigenvalue weighted by molar-refractivity contribution is 0.0926. The molecule has 6 heteroatoms. The minimum absolute atomic E-state index is 0.00186. The van der Waals surface area contributed by atoms with Gasteiger partial charge in [0.15, 0.2) is 11.5 Å². The average Bonchev–Trinajstić information content (AvgIpc) is 2.83. The fourth-order valence-corrected chi connectivity index (χ4v) is 4.55. The number of carbonyl (C=O) groups excluding carboxylic acids is 1. The van der Waals surface area contributed by atoms with E-state index in [4.69, 9.17) is 21.1 Å². The van der Waals surface area contributed by atoms with Crippen molar-refractivity contribution in [2.24, 2.45) is 0 Å². The number of halogens is 1. The van der Waals surface area contributed by atoms with Crippen molar-refractivity contribution in [2.75, 3.05) is 27.3 Å². The summed E-state index contributed by atoms with van der Waals surface area (Å²) in [5, 5.41) is 3.66. The zero-order valence-electron chi connectivity index (χ0n) is 19.2. The van der Waals surface area contributed by atoms with Crippen LogP contribution in [0.4, 0.5) is 0 Å². The number of nitrogens with one attached hydrogen (secondary N) is 1. The molecule has 0 unspecified atom stereocenters. The Morgan fingerprint density at radius 2 is 1.79 bits per heavy atom. The van der Waals surface area contributed by atoms with Crippen molar-refractivity contribution in [2.45, 2.75) is 25.9 Å². The van der Waals surface area contributed by atoms with Crippen LogP contribution in [0.1, 0.15) is 38.7 Å². The molecular formula is C27H29ClN2O3. The molecule has 1 amide bonds. The number of fused-ring (bicyclic) bond motifs is 1. The monoisotopic (exact) mass is 464 g/mol. The van der Waals surface area contributed by atoms with Gasteiger partial charge in [-0.1, -0.05) is 47.5 Å². The van der Waals surface area contributed by atoms with Gasteiger partial charge in [-0.2, -0.15) is 0 Å². The third-order valence-electron chi connectivity index (χ3n) is 6.16. The number of ether oxygens (including phenoxy) is 2. The number of carbonyl (C=O) groups is 1. The van der Waals surface area contributed by atoms with E-state index in [9.17, 15) is 4.79 Å². The zero-order chi connectivity index (χ0) is 23.4. The summed E-state index contributed by atoms with van der Waals surface area (Å²) in [5.74, 6) is 1.28. The van der Waals surface area contributed by atoms with Crippen molar-refractivity contribution in [3.8, 4) is 11.5 Å². The molecule has 0 aliphatic carbocycles. The van der Waals surface area contributed by atoms with Crippen LogP contribution in [0.25, 0.3) is 0 Å². The normalized spacial score (nSPS) is 15.6. The maximum Gasteiger partial charge on any atom is 0.251 e. The standard InChI is InChI=1S/C27H29ClN2O3/c1-18-7-9-19(10-8-18)17-30-12-11-20-14-25(32-2)26(33-3)15-23(20)24(30)16-29-27(31)21-5-4-6-22(28)13-21/h4-10,13-15,24H,11-12,16-17H2,1-3H3,(H,29,31)/t24-/m0/s1. The van der Waals surface area contributed by atoms with Crippen LogP contribution in [0, 0.1) is 6.92 Å². The molecule has 3 aromatic carbocycles. The first-order valence-corrected chi connectivity index (χ1v) is 11.4. The lowest BCUT2D eigenvalue weighted by Crippen LogP contribution is -2.41. The van der Waals surface area contributed by atoms with Gasteiger partial charge in [0.2, 0.25) is 0 Å². The highest BCUT2D eigenvalue weighted by atomic mass is 35.5. The van der Waals surface area contributed by atoms with E-state index in [1.807, 2.05) is 6.07 Å². The van der Waals surface area contributed by atoms with Gasteiger partial charge < -0.3 is 14.8 Å². The number of methoxy groups -OCH3 is 2. The highest BCUT2D eigenvalue weighted by Crippen LogP contribution is 2.38. The van der Waals surface area contributed by atoms with Crippen LogP contribution in [-0.4, -0.2) is 38.1 Å². The first kappa shape index (κ1) is 23.1.